The molecule has 6 N–H and O–H groups in total. The third-order valence-electron chi connectivity index (χ3n) is 2.53. The van der Waals surface area contributed by atoms with E-state index in [4.69, 9.17) is 20.7 Å². The van der Waals surface area contributed by atoms with Crippen LogP contribution in [0, 0.1) is 0 Å². The summed E-state index contributed by atoms with van der Waals surface area (Å²) in [5.41, 5.74) is 4.65. The molecule has 0 aromatic rings. The summed E-state index contributed by atoms with van der Waals surface area (Å²) in [4.78, 5) is 10.5. The Labute approximate surface area is 103 Å². The van der Waals surface area contributed by atoms with Gasteiger partial charge in [-0.15, -0.1) is 11.8 Å². The number of nitrogens with two attached hydrogens (primary N) is 1. The molecular formula is C9H17NO6S. The first kappa shape index (κ1) is 14.7. The van der Waals surface area contributed by atoms with E-state index in [0.717, 1.165) is 0 Å². The van der Waals surface area contributed by atoms with Gasteiger partial charge < -0.3 is 30.9 Å². The predicted molar refractivity (Wildman–Crippen MR) is 60.4 cm³/mol. The molecule has 0 saturated carbocycles. The normalized spacial score (nSPS) is 34.8. The van der Waals surface area contributed by atoms with E-state index in [2.05, 4.69) is 0 Å². The molecule has 0 spiro atoms. The zero-order valence-corrected chi connectivity index (χ0v) is 9.92. The topological polar surface area (TPSA) is 133 Å². The number of rotatable bonds is 6. The van der Waals surface area contributed by atoms with Gasteiger partial charge in [-0.2, -0.15) is 0 Å². The van der Waals surface area contributed by atoms with Crippen LogP contribution in [0.2, 0.25) is 0 Å². The van der Waals surface area contributed by atoms with Gasteiger partial charge in [0.15, 0.2) is 0 Å². The lowest BCUT2D eigenvalue weighted by Crippen LogP contribution is -2.33. The Balaban J connectivity index is 2.31. The SMILES string of the molecule is NC(CCSC1OC(CO)C(O)C1O)C(=O)O. The zero-order valence-electron chi connectivity index (χ0n) is 9.10. The van der Waals surface area contributed by atoms with Crippen LogP contribution >= 0.6 is 11.8 Å². The molecule has 1 heterocycles. The van der Waals surface area contributed by atoms with E-state index in [1.54, 1.807) is 0 Å². The largest absolute Gasteiger partial charge is 0.480 e. The van der Waals surface area contributed by atoms with Gasteiger partial charge in [-0.05, 0) is 12.2 Å². The summed E-state index contributed by atoms with van der Waals surface area (Å²) in [6.45, 7) is -0.371. The maximum absolute atomic E-state index is 10.5. The van der Waals surface area contributed by atoms with Crippen molar-refractivity contribution in [3.8, 4) is 0 Å². The Morgan fingerprint density at radius 3 is 2.53 bits per heavy atom. The summed E-state index contributed by atoms with van der Waals surface area (Å²) in [7, 11) is 0. The summed E-state index contributed by atoms with van der Waals surface area (Å²) in [5.74, 6) is -0.688. The van der Waals surface area contributed by atoms with E-state index in [1.165, 1.54) is 11.8 Å². The third kappa shape index (κ3) is 3.80. The van der Waals surface area contributed by atoms with E-state index in [9.17, 15) is 15.0 Å². The number of carboxylic acid groups (broad SMARTS) is 1. The number of hydrogen-bond acceptors (Lipinski definition) is 7. The van der Waals surface area contributed by atoms with Gasteiger partial charge in [0.25, 0.3) is 0 Å². The number of aliphatic hydroxyl groups excluding tert-OH is 3. The van der Waals surface area contributed by atoms with Crippen LogP contribution in [0.5, 0.6) is 0 Å². The fourth-order valence-electron chi connectivity index (χ4n) is 1.44. The third-order valence-corrected chi connectivity index (χ3v) is 3.72. The summed E-state index contributed by atoms with van der Waals surface area (Å²) in [6.07, 6.45) is -2.76. The lowest BCUT2D eigenvalue weighted by molar-refractivity contribution is -0.138. The number of aliphatic carboxylic acids is 1. The average molecular weight is 267 g/mol. The molecule has 1 saturated heterocycles. The minimum Gasteiger partial charge on any atom is -0.480 e. The zero-order chi connectivity index (χ0) is 13.0. The highest BCUT2D eigenvalue weighted by Gasteiger charge is 2.42. The van der Waals surface area contributed by atoms with Crippen LogP contribution in [0.1, 0.15) is 6.42 Å². The molecule has 0 bridgehead atoms. The molecule has 0 radical (unpaired) electrons. The number of hydrogen-bond donors (Lipinski definition) is 5. The van der Waals surface area contributed by atoms with Crippen molar-refractivity contribution in [2.24, 2.45) is 5.73 Å². The molecule has 5 atom stereocenters. The monoisotopic (exact) mass is 267 g/mol. The van der Waals surface area contributed by atoms with Crippen molar-refractivity contribution >= 4 is 17.7 Å². The van der Waals surface area contributed by atoms with E-state index >= 15 is 0 Å². The van der Waals surface area contributed by atoms with Crippen LogP contribution < -0.4 is 5.73 Å². The van der Waals surface area contributed by atoms with Gasteiger partial charge in [-0.25, -0.2) is 0 Å². The first-order chi connectivity index (χ1) is 7.97. The number of ether oxygens (including phenoxy) is 1. The molecular weight excluding hydrogens is 250 g/mol. The summed E-state index contributed by atoms with van der Waals surface area (Å²) >= 11 is 1.17. The second-order valence-electron chi connectivity index (χ2n) is 3.81. The van der Waals surface area contributed by atoms with Gasteiger partial charge in [0.1, 0.15) is 29.8 Å². The quantitative estimate of drug-likeness (QED) is 0.372. The highest BCUT2D eigenvalue weighted by atomic mass is 32.2. The minimum atomic E-state index is -1.12. The van der Waals surface area contributed by atoms with E-state index in [0.29, 0.717) is 5.75 Å². The van der Waals surface area contributed by atoms with Gasteiger partial charge in [-0.1, -0.05) is 0 Å². The van der Waals surface area contributed by atoms with Crippen molar-refractivity contribution in [1.29, 1.82) is 0 Å². The van der Waals surface area contributed by atoms with Gasteiger partial charge in [0, 0.05) is 0 Å². The molecule has 5 unspecified atom stereocenters. The van der Waals surface area contributed by atoms with Gasteiger partial charge in [0.05, 0.1) is 6.61 Å². The van der Waals surface area contributed by atoms with Crippen LogP contribution in [0.15, 0.2) is 0 Å². The molecule has 17 heavy (non-hydrogen) atoms. The Morgan fingerprint density at radius 1 is 1.41 bits per heavy atom. The van der Waals surface area contributed by atoms with Crippen molar-refractivity contribution in [2.75, 3.05) is 12.4 Å². The van der Waals surface area contributed by atoms with Crippen molar-refractivity contribution < 1.29 is 30.0 Å². The molecule has 8 heteroatoms. The summed E-state index contributed by atoms with van der Waals surface area (Å²) in [6, 6.07) is -0.945. The number of carbonyl (C=O) groups is 1. The first-order valence-corrected chi connectivity index (χ1v) is 6.24. The molecule has 0 aromatic heterocycles. The minimum absolute atomic E-state index is 0.243. The predicted octanol–water partition coefficient (Wildman–Crippen LogP) is -2.04. The molecule has 100 valence electrons. The first-order valence-electron chi connectivity index (χ1n) is 5.19. The maximum Gasteiger partial charge on any atom is 0.320 e. The van der Waals surface area contributed by atoms with E-state index in [-0.39, 0.29) is 13.0 Å². The van der Waals surface area contributed by atoms with Crippen LogP contribution in [-0.4, -0.2) is 68.5 Å². The van der Waals surface area contributed by atoms with Crippen molar-refractivity contribution in [1.82, 2.24) is 0 Å². The van der Waals surface area contributed by atoms with Crippen molar-refractivity contribution in [3.63, 3.8) is 0 Å². The lowest BCUT2D eigenvalue weighted by Gasteiger charge is -2.14. The van der Waals surface area contributed by atoms with E-state index in [1.807, 2.05) is 0 Å². The van der Waals surface area contributed by atoms with Crippen molar-refractivity contribution in [2.45, 2.75) is 36.2 Å². The fourth-order valence-corrected chi connectivity index (χ4v) is 2.64. The standard InChI is InChI=1S/C9H17NO6S/c10-4(8(14)15)1-2-17-9-7(13)6(12)5(3-11)16-9/h4-7,9,11-13H,1-3,10H2,(H,14,15). The molecule has 0 aromatic carbocycles. The average Bonchev–Trinajstić information content (AvgIpc) is 2.56. The second-order valence-corrected chi connectivity index (χ2v) is 5.02. The Hall–Kier alpha value is -0.380. The molecule has 1 rings (SSSR count). The Morgan fingerprint density at radius 2 is 2.06 bits per heavy atom. The molecule has 1 fully saturated rings. The maximum atomic E-state index is 10.5. The molecule has 7 nitrogen and oxygen atoms in total. The smallest absolute Gasteiger partial charge is 0.320 e. The highest BCUT2D eigenvalue weighted by Crippen LogP contribution is 2.29. The number of carboxylic acids is 1. The fraction of sp³-hybridized carbons (Fsp3) is 0.889. The second kappa shape index (κ2) is 6.53. The van der Waals surface area contributed by atoms with Gasteiger partial charge in [0.2, 0.25) is 0 Å². The molecule has 1 aliphatic heterocycles. The Bertz CT molecular complexity index is 266. The van der Waals surface area contributed by atoms with Gasteiger partial charge >= 0.3 is 5.97 Å². The van der Waals surface area contributed by atoms with Crippen LogP contribution in [0.25, 0.3) is 0 Å². The van der Waals surface area contributed by atoms with Crippen molar-refractivity contribution in [3.05, 3.63) is 0 Å². The molecule has 0 aliphatic carbocycles. The summed E-state index contributed by atoms with van der Waals surface area (Å²) < 4.78 is 5.20. The van der Waals surface area contributed by atoms with Gasteiger partial charge in [-0.3, -0.25) is 4.79 Å². The van der Waals surface area contributed by atoms with E-state index < -0.39 is 35.8 Å². The van der Waals surface area contributed by atoms with Crippen LogP contribution in [-0.2, 0) is 9.53 Å². The van der Waals surface area contributed by atoms with Crippen LogP contribution in [0.4, 0.5) is 0 Å². The number of thioether (sulfide) groups is 1. The van der Waals surface area contributed by atoms with Crippen LogP contribution in [0.3, 0.4) is 0 Å². The number of aliphatic hydroxyl groups is 3. The Kier molecular flexibility index (Phi) is 5.63. The highest BCUT2D eigenvalue weighted by molar-refractivity contribution is 7.99. The lowest BCUT2D eigenvalue weighted by atomic mass is 10.2. The molecule has 0 amide bonds. The molecule has 1 aliphatic rings. The summed E-state index contributed by atoms with van der Waals surface area (Å²) in [5, 5.41) is 36.5.